The number of hydrogen-bond donors (Lipinski definition) is 1. The standard InChI is InChI=1S/C31H36BrN3O4S/c1-2-29(31(37)33-26-13-9-10-14-26)34(22-21-24-11-5-3-6-12-24)30(36)23-35(27-19-17-25(32)18-20-27)40(38,39)28-15-7-4-8-16-28/h3-8,11-12,15-20,26,29H,2,9-10,13-14,21-23H2,1H3,(H,33,37). The number of nitrogens with zero attached hydrogens (tertiary/aromatic N) is 2. The van der Waals surface area contributed by atoms with Gasteiger partial charge in [0.1, 0.15) is 12.6 Å². The first kappa shape index (κ1) is 29.8. The fourth-order valence-corrected chi connectivity index (χ4v) is 6.82. The van der Waals surface area contributed by atoms with Crippen LogP contribution in [-0.4, -0.2) is 50.3 Å². The zero-order valence-electron chi connectivity index (χ0n) is 22.7. The highest BCUT2D eigenvalue weighted by molar-refractivity contribution is 9.10. The van der Waals surface area contributed by atoms with E-state index in [0.29, 0.717) is 25.1 Å². The van der Waals surface area contributed by atoms with Gasteiger partial charge in [0.15, 0.2) is 0 Å². The lowest BCUT2D eigenvalue weighted by atomic mass is 10.1. The lowest BCUT2D eigenvalue weighted by Gasteiger charge is -2.33. The molecular formula is C31H36BrN3O4S. The first-order valence-corrected chi connectivity index (χ1v) is 16.0. The van der Waals surface area contributed by atoms with E-state index in [9.17, 15) is 18.0 Å². The summed E-state index contributed by atoms with van der Waals surface area (Å²) >= 11 is 3.40. The van der Waals surface area contributed by atoms with Crippen molar-refractivity contribution in [3.63, 3.8) is 0 Å². The number of nitrogens with one attached hydrogen (secondary N) is 1. The molecule has 1 unspecified atom stereocenters. The van der Waals surface area contributed by atoms with E-state index in [1.807, 2.05) is 37.3 Å². The molecule has 40 heavy (non-hydrogen) atoms. The number of amides is 2. The Labute approximate surface area is 245 Å². The average Bonchev–Trinajstić information content (AvgIpc) is 3.48. The van der Waals surface area contributed by atoms with Crippen molar-refractivity contribution in [2.75, 3.05) is 17.4 Å². The Morgan fingerprint density at radius 1 is 0.925 bits per heavy atom. The maximum Gasteiger partial charge on any atom is 0.264 e. The first-order chi connectivity index (χ1) is 19.3. The number of benzene rings is 3. The van der Waals surface area contributed by atoms with E-state index >= 15 is 0 Å². The maximum atomic E-state index is 14.1. The summed E-state index contributed by atoms with van der Waals surface area (Å²) in [6.45, 7) is 1.74. The molecule has 0 radical (unpaired) electrons. The molecule has 1 saturated carbocycles. The van der Waals surface area contributed by atoms with Gasteiger partial charge in [0.05, 0.1) is 10.6 Å². The Hall–Kier alpha value is -3.17. The largest absolute Gasteiger partial charge is 0.352 e. The first-order valence-electron chi connectivity index (χ1n) is 13.8. The molecule has 0 heterocycles. The predicted octanol–water partition coefficient (Wildman–Crippen LogP) is 5.55. The lowest BCUT2D eigenvalue weighted by Crippen LogP contribution is -2.54. The minimum Gasteiger partial charge on any atom is -0.352 e. The van der Waals surface area contributed by atoms with Crippen LogP contribution in [0.25, 0.3) is 0 Å². The van der Waals surface area contributed by atoms with Gasteiger partial charge in [0.2, 0.25) is 11.8 Å². The van der Waals surface area contributed by atoms with Gasteiger partial charge in [-0.15, -0.1) is 0 Å². The van der Waals surface area contributed by atoms with Crippen molar-refractivity contribution < 1.29 is 18.0 Å². The molecule has 0 bridgehead atoms. The van der Waals surface area contributed by atoms with E-state index in [-0.39, 0.29) is 16.8 Å². The lowest BCUT2D eigenvalue weighted by molar-refractivity contribution is -0.139. The van der Waals surface area contributed by atoms with Gasteiger partial charge >= 0.3 is 0 Å². The van der Waals surface area contributed by atoms with Gasteiger partial charge < -0.3 is 10.2 Å². The van der Waals surface area contributed by atoms with Crippen LogP contribution in [0.5, 0.6) is 0 Å². The quantitative estimate of drug-likeness (QED) is 0.286. The molecular weight excluding hydrogens is 590 g/mol. The van der Waals surface area contributed by atoms with Crippen LogP contribution >= 0.6 is 15.9 Å². The molecule has 1 atom stereocenters. The van der Waals surface area contributed by atoms with Gasteiger partial charge in [0.25, 0.3) is 10.0 Å². The van der Waals surface area contributed by atoms with Crippen molar-refractivity contribution in [2.45, 2.75) is 62.4 Å². The summed E-state index contributed by atoms with van der Waals surface area (Å²) < 4.78 is 29.6. The van der Waals surface area contributed by atoms with Gasteiger partial charge in [-0.25, -0.2) is 8.42 Å². The minimum atomic E-state index is -4.06. The smallest absolute Gasteiger partial charge is 0.264 e. The van der Waals surface area contributed by atoms with Crippen molar-refractivity contribution in [2.24, 2.45) is 0 Å². The normalized spacial score (nSPS) is 14.4. The fourth-order valence-electron chi connectivity index (χ4n) is 5.12. The zero-order chi connectivity index (χ0) is 28.5. The van der Waals surface area contributed by atoms with E-state index in [1.165, 1.54) is 12.1 Å². The van der Waals surface area contributed by atoms with Crippen molar-refractivity contribution >= 4 is 43.5 Å². The highest BCUT2D eigenvalue weighted by atomic mass is 79.9. The fraction of sp³-hybridized carbons (Fsp3) is 0.355. The monoisotopic (exact) mass is 625 g/mol. The van der Waals surface area contributed by atoms with E-state index in [4.69, 9.17) is 0 Å². The number of rotatable bonds is 12. The maximum absolute atomic E-state index is 14.1. The molecule has 3 aromatic rings. The second-order valence-electron chi connectivity index (χ2n) is 10.0. The van der Waals surface area contributed by atoms with Gasteiger partial charge in [-0.05, 0) is 67.6 Å². The second-order valence-corrected chi connectivity index (χ2v) is 12.8. The molecule has 0 aliphatic heterocycles. The molecule has 9 heteroatoms. The second kappa shape index (κ2) is 13.9. The molecule has 1 fully saturated rings. The van der Waals surface area contributed by atoms with Crippen LogP contribution in [0.3, 0.4) is 0 Å². The molecule has 3 aromatic carbocycles. The summed E-state index contributed by atoms with van der Waals surface area (Å²) in [5, 5.41) is 3.14. The van der Waals surface area contributed by atoms with E-state index in [2.05, 4.69) is 21.2 Å². The third-order valence-corrected chi connectivity index (χ3v) is 9.61. The van der Waals surface area contributed by atoms with Gasteiger partial charge in [-0.1, -0.05) is 84.2 Å². The molecule has 0 saturated heterocycles. The molecule has 2 amide bonds. The van der Waals surface area contributed by atoms with Crippen LogP contribution in [0.2, 0.25) is 0 Å². The Balaban J connectivity index is 1.65. The Morgan fingerprint density at radius 3 is 2.12 bits per heavy atom. The molecule has 0 aromatic heterocycles. The van der Waals surface area contributed by atoms with Crippen molar-refractivity contribution in [3.8, 4) is 0 Å². The molecule has 1 aliphatic rings. The number of carbonyl (C=O) groups excluding carboxylic acids is 2. The molecule has 4 rings (SSSR count). The Bertz CT molecular complexity index is 1360. The SMILES string of the molecule is CCC(C(=O)NC1CCCC1)N(CCc1ccccc1)C(=O)CN(c1ccc(Br)cc1)S(=O)(=O)c1ccccc1. The summed E-state index contributed by atoms with van der Waals surface area (Å²) in [7, 11) is -4.06. The van der Waals surface area contributed by atoms with Gasteiger partial charge in [-0.2, -0.15) is 0 Å². The van der Waals surface area contributed by atoms with Crippen LogP contribution in [0.4, 0.5) is 5.69 Å². The molecule has 212 valence electrons. The average molecular weight is 627 g/mol. The highest BCUT2D eigenvalue weighted by Gasteiger charge is 2.34. The molecule has 0 spiro atoms. The summed E-state index contributed by atoms with van der Waals surface area (Å²) in [6.07, 6.45) is 5.00. The number of halogens is 1. The zero-order valence-corrected chi connectivity index (χ0v) is 25.1. The van der Waals surface area contributed by atoms with E-state index < -0.39 is 28.5 Å². The molecule has 1 N–H and O–H groups in total. The third kappa shape index (κ3) is 7.52. The van der Waals surface area contributed by atoms with Crippen molar-refractivity contribution in [1.82, 2.24) is 10.2 Å². The number of anilines is 1. The van der Waals surface area contributed by atoms with Gasteiger partial charge in [-0.3, -0.25) is 13.9 Å². The Kier molecular flexibility index (Phi) is 10.4. The van der Waals surface area contributed by atoms with Crippen LogP contribution in [0.1, 0.15) is 44.6 Å². The van der Waals surface area contributed by atoms with Gasteiger partial charge in [0, 0.05) is 17.1 Å². The van der Waals surface area contributed by atoms with E-state index in [1.54, 1.807) is 47.4 Å². The number of hydrogen-bond acceptors (Lipinski definition) is 4. The van der Waals surface area contributed by atoms with Crippen LogP contribution in [0.15, 0.2) is 94.3 Å². The summed E-state index contributed by atoms with van der Waals surface area (Å²) in [6, 6.07) is 24.1. The molecule has 7 nitrogen and oxygen atoms in total. The highest BCUT2D eigenvalue weighted by Crippen LogP contribution is 2.26. The van der Waals surface area contributed by atoms with Crippen LogP contribution < -0.4 is 9.62 Å². The predicted molar refractivity (Wildman–Crippen MR) is 161 cm³/mol. The van der Waals surface area contributed by atoms with Crippen LogP contribution in [0, 0.1) is 0 Å². The molecule has 1 aliphatic carbocycles. The minimum absolute atomic E-state index is 0.0903. The van der Waals surface area contributed by atoms with Crippen molar-refractivity contribution in [3.05, 3.63) is 95.0 Å². The summed E-state index contributed by atoms with van der Waals surface area (Å²) in [5.74, 6) is -0.608. The topological polar surface area (TPSA) is 86.8 Å². The van der Waals surface area contributed by atoms with E-state index in [0.717, 1.165) is 40.0 Å². The summed E-state index contributed by atoms with van der Waals surface area (Å²) in [4.78, 5) is 29.2. The summed E-state index contributed by atoms with van der Waals surface area (Å²) in [5.41, 5.74) is 1.40. The van der Waals surface area contributed by atoms with Crippen molar-refractivity contribution in [1.29, 1.82) is 0 Å². The third-order valence-electron chi connectivity index (χ3n) is 7.30. The van der Waals surface area contributed by atoms with Crippen LogP contribution in [-0.2, 0) is 26.0 Å². The number of sulfonamides is 1. The number of carbonyl (C=O) groups is 2. The Morgan fingerprint density at radius 2 is 1.52 bits per heavy atom.